The highest BCUT2D eigenvalue weighted by molar-refractivity contribution is 7.71. The van der Waals surface area contributed by atoms with Gasteiger partial charge in [-0.05, 0) is 32.9 Å². The second kappa shape index (κ2) is 10.5. The van der Waals surface area contributed by atoms with Gasteiger partial charge in [0, 0.05) is 36.7 Å². The number of halogens is 3. The number of ether oxygens (including phenoxy) is 3. The molecule has 5 rings (SSSR count). The molecule has 10 nitrogen and oxygen atoms in total. The highest BCUT2D eigenvalue weighted by Gasteiger charge is 2.45. The minimum atomic E-state index is -4.96. The Bertz CT molecular complexity index is 1560. The van der Waals surface area contributed by atoms with Crippen molar-refractivity contribution in [1.82, 2.24) is 19.9 Å². The number of pyridine rings is 1. The van der Waals surface area contributed by atoms with Gasteiger partial charge in [0.15, 0.2) is 0 Å². The molecule has 2 aliphatic heterocycles. The lowest BCUT2D eigenvalue weighted by atomic mass is 10.1. The molecule has 3 aromatic rings. The zero-order valence-corrected chi connectivity index (χ0v) is 23.6. The summed E-state index contributed by atoms with van der Waals surface area (Å²) in [5.74, 6) is 0.238. The number of carbonyl (C=O) groups is 1. The summed E-state index contributed by atoms with van der Waals surface area (Å²) in [6.07, 6.45) is -4.79. The van der Waals surface area contributed by atoms with Crippen molar-refractivity contribution in [2.75, 3.05) is 43.9 Å². The van der Waals surface area contributed by atoms with E-state index >= 15 is 0 Å². The van der Waals surface area contributed by atoms with Crippen LogP contribution in [0.1, 0.15) is 31.9 Å². The molecule has 1 aromatic carbocycles. The molecule has 2 aliphatic rings. The number of nitrogens with one attached hydrogen (secondary N) is 1. The van der Waals surface area contributed by atoms with Gasteiger partial charge in [-0.25, -0.2) is 4.79 Å². The summed E-state index contributed by atoms with van der Waals surface area (Å²) in [7, 11) is -3.70. The van der Waals surface area contributed by atoms with Gasteiger partial charge < -0.3 is 29.0 Å². The average molecular weight is 592 g/mol. The first-order chi connectivity index (χ1) is 19.2. The SMILES string of the molecule is C=C1Nc2nc(nc3cnc(P4(=O)CCN(C(=O)OC(C)(C)C)CC4)c(C(F)(F)F)c23)OCCOc2ccccc21. The molecular weight excluding hydrogens is 562 g/mol. The first-order valence-corrected chi connectivity index (χ1v) is 15.0. The van der Waals surface area contributed by atoms with Gasteiger partial charge in [-0.15, -0.1) is 0 Å². The van der Waals surface area contributed by atoms with Crippen LogP contribution in [0.15, 0.2) is 37.0 Å². The smallest absolute Gasteiger partial charge is 0.419 e. The summed E-state index contributed by atoms with van der Waals surface area (Å²) < 4.78 is 75.4. The third-order valence-corrected chi connectivity index (χ3v) is 9.49. The zero-order chi connectivity index (χ0) is 29.6. The van der Waals surface area contributed by atoms with Crippen molar-refractivity contribution in [2.24, 2.45) is 0 Å². The fourth-order valence-electron chi connectivity index (χ4n) is 4.67. The molecule has 14 heteroatoms. The monoisotopic (exact) mass is 591 g/mol. The Kier molecular flexibility index (Phi) is 7.35. The van der Waals surface area contributed by atoms with Crippen molar-refractivity contribution in [3.8, 4) is 11.8 Å². The Morgan fingerprint density at radius 3 is 2.46 bits per heavy atom. The number of rotatable bonds is 1. The van der Waals surface area contributed by atoms with Crippen LogP contribution in [0.4, 0.5) is 23.8 Å². The molecular formula is C27H29F3N5O5P. The number of para-hydroxylation sites is 1. The fraction of sp³-hybridized carbons (Fsp3) is 0.407. The van der Waals surface area contributed by atoms with E-state index in [4.69, 9.17) is 14.2 Å². The van der Waals surface area contributed by atoms with E-state index in [9.17, 15) is 22.5 Å². The number of hydrogen-bond donors (Lipinski definition) is 1. The largest absolute Gasteiger partial charge is 0.489 e. The quantitative estimate of drug-likeness (QED) is 0.384. The summed E-state index contributed by atoms with van der Waals surface area (Å²) in [6, 6.07) is 6.74. The number of anilines is 1. The normalized spacial score (nSPS) is 17.4. The van der Waals surface area contributed by atoms with Crippen molar-refractivity contribution >= 4 is 41.1 Å². The molecule has 2 bridgehead atoms. The molecule has 0 saturated carbocycles. The maximum absolute atomic E-state index is 14.9. The minimum Gasteiger partial charge on any atom is -0.489 e. The summed E-state index contributed by atoms with van der Waals surface area (Å²) in [6.45, 7) is 9.23. The van der Waals surface area contributed by atoms with Crippen molar-refractivity contribution in [2.45, 2.75) is 32.5 Å². The van der Waals surface area contributed by atoms with Crippen molar-refractivity contribution < 1.29 is 36.7 Å². The minimum absolute atomic E-state index is 0.0345. The Hall–Kier alpha value is -3.86. The molecule has 218 valence electrons. The van der Waals surface area contributed by atoms with Crippen molar-refractivity contribution in [3.63, 3.8) is 0 Å². The second-order valence-electron chi connectivity index (χ2n) is 10.7. The van der Waals surface area contributed by atoms with Gasteiger partial charge in [-0.1, -0.05) is 18.7 Å². The van der Waals surface area contributed by atoms with Gasteiger partial charge in [-0.3, -0.25) is 4.98 Å². The summed E-state index contributed by atoms with van der Waals surface area (Å²) >= 11 is 0. The standard InChI is InChI=1S/C27H29F3N5O5P/c1-16-17-7-5-6-8-19(17)38-11-12-39-24-33-18-15-31-23(21(27(28,29)30)20(18)22(32-16)34-24)41(37)13-9-35(10-14-41)25(36)40-26(2,3)4/h5-8,15H,1,9-14H2,2-4H3,(H,32,33,34). The van der Waals surface area contributed by atoms with Gasteiger partial charge in [0.2, 0.25) is 0 Å². The average Bonchev–Trinajstić information content (AvgIpc) is 2.91. The molecule has 0 atom stereocenters. The van der Waals surface area contributed by atoms with Crippen molar-refractivity contribution in [3.05, 3.63) is 48.2 Å². The molecule has 1 N–H and O–H groups in total. The molecule has 0 radical (unpaired) electrons. The van der Waals surface area contributed by atoms with Crippen LogP contribution in [0.5, 0.6) is 11.8 Å². The lowest BCUT2D eigenvalue weighted by Crippen LogP contribution is -2.44. The van der Waals surface area contributed by atoms with Crippen molar-refractivity contribution in [1.29, 1.82) is 0 Å². The fourth-order valence-corrected chi connectivity index (χ4v) is 7.36. The molecule has 41 heavy (non-hydrogen) atoms. The highest BCUT2D eigenvalue weighted by Crippen LogP contribution is 2.50. The molecule has 4 heterocycles. The topological polar surface area (TPSA) is 116 Å². The second-order valence-corrected chi connectivity index (χ2v) is 13.8. The summed E-state index contributed by atoms with van der Waals surface area (Å²) in [5, 5.41) is 2.48. The third-order valence-electron chi connectivity index (χ3n) is 6.54. The Morgan fingerprint density at radius 2 is 1.78 bits per heavy atom. The van der Waals surface area contributed by atoms with Gasteiger partial charge in [0.1, 0.15) is 43.0 Å². The van der Waals surface area contributed by atoms with Crippen LogP contribution >= 0.6 is 7.14 Å². The predicted molar refractivity (Wildman–Crippen MR) is 147 cm³/mol. The van der Waals surface area contributed by atoms with E-state index in [1.165, 1.54) is 4.90 Å². The van der Waals surface area contributed by atoms with E-state index in [1.54, 1.807) is 45.0 Å². The van der Waals surface area contributed by atoms with E-state index in [2.05, 4.69) is 26.8 Å². The zero-order valence-electron chi connectivity index (χ0n) is 22.7. The number of hydrogen-bond acceptors (Lipinski definition) is 9. The van der Waals surface area contributed by atoms with Crippen LogP contribution < -0.4 is 20.2 Å². The Balaban J connectivity index is 1.60. The number of alkyl halides is 3. The van der Waals surface area contributed by atoms with Gasteiger partial charge in [-0.2, -0.15) is 23.1 Å². The molecule has 1 fully saturated rings. The number of amides is 1. The van der Waals surface area contributed by atoms with E-state index in [-0.39, 0.29) is 61.7 Å². The van der Waals surface area contributed by atoms with Crippen LogP contribution in [0.25, 0.3) is 16.6 Å². The van der Waals surface area contributed by atoms with Gasteiger partial charge in [0.25, 0.3) is 0 Å². The number of fused-ring (bicyclic) bond motifs is 5. The maximum atomic E-state index is 14.9. The molecule has 0 unspecified atom stereocenters. The highest BCUT2D eigenvalue weighted by atomic mass is 31.2. The summed E-state index contributed by atoms with van der Waals surface area (Å²) in [4.78, 5) is 26.3. The number of carbonyl (C=O) groups excluding carboxylic acids is 1. The molecule has 0 spiro atoms. The Morgan fingerprint density at radius 1 is 1.10 bits per heavy atom. The van der Waals surface area contributed by atoms with Crippen LogP contribution in [0.3, 0.4) is 0 Å². The molecule has 0 aliphatic carbocycles. The first-order valence-electron chi connectivity index (χ1n) is 12.9. The predicted octanol–water partition coefficient (Wildman–Crippen LogP) is 5.14. The van der Waals surface area contributed by atoms with Crippen LogP contribution in [-0.2, 0) is 15.5 Å². The van der Waals surface area contributed by atoms with E-state index in [0.29, 0.717) is 11.3 Å². The molecule has 1 saturated heterocycles. The van der Waals surface area contributed by atoms with E-state index in [0.717, 1.165) is 6.20 Å². The first kappa shape index (κ1) is 28.7. The third kappa shape index (κ3) is 5.95. The maximum Gasteiger partial charge on any atom is 0.419 e. The lowest BCUT2D eigenvalue weighted by molar-refractivity contribution is -0.135. The molecule has 1 amide bonds. The van der Waals surface area contributed by atoms with E-state index in [1.807, 2.05) is 0 Å². The van der Waals surface area contributed by atoms with Crippen LogP contribution in [-0.4, -0.2) is 70.2 Å². The van der Waals surface area contributed by atoms with Gasteiger partial charge in [0.05, 0.1) is 22.7 Å². The van der Waals surface area contributed by atoms with Gasteiger partial charge >= 0.3 is 18.3 Å². The summed E-state index contributed by atoms with van der Waals surface area (Å²) in [5.41, 5.74) is -1.89. The Labute approximate surface area is 234 Å². The van der Waals surface area contributed by atoms with E-state index < -0.39 is 41.4 Å². The number of benzene rings is 1. The number of nitrogens with zero attached hydrogens (tertiary/aromatic N) is 4. The van der Waals surface area contributed by atoms with Crippen LogP contribution in [0.2, 0.25) is 0 Å². The number of aromatic nitrogens is 3. The van der Waals surface area contributed by atoms with Crippen LogP contribution in [0, 0.1) is 0 Å². The molecule has 2 aromatic heterocycles. The lowest BCUT2D eigenvalue weighted by Gasteiger charge is -2.34.